The average molecular weight is 368 g/mol. The first kappa shape index (κ1) is 17.4. The number of fused-ring (bicyclic) bond motifs is 1. The predicted octanol–water partition coefficient (Wildman–Crippen LogP) is 2.34. The number of amides is 1. The van der Waals surface area contributed by atoms with Crippen molar-refractivity contribution < 1.29 is 19.8 Å². The molecule has 0 unspecified atom stereocenters. The van der Waals surface area contributed by atoms with E-state index in [1.165, 1.54) is 28.0 Å². The smallest absolute Gasteiger partial charge is 0.353 e. The van der Waals surface area contributed by atoms with Crippen molar-refractivity contribution in [3.05, 3.63) is 21.7 Å². The Kier molecular flexibility index (Phi) is 4.72. The van der Waals surface area contributed by atoms with Crippen molar-refractivity contribution in [2.24, 2.45) is 11.8 Å². The lowest BCUT2D eigenvalue weighted by atomic mass is 9.79. The molecular formula is C16H20N2O4S2. The molecule has 0 radical (unpaired) electrons. The number of rotatable bonds is 6. The molecule has 3 rings (SSSR count). The van der Waals surface area contributed by atoms with Crippen LogP contribution in [-0.2, 0) is 16.0 Å². The molecule has 24 heavy (non-hydrogen) atoms. The van der Waals surface area contributed by atoms with E-state index in [1.807, 2.05) is 12.3 Å². The first-order valence-electron chi connectivity index (χ1n) is 7.97. The van der Waals surface area contributed by atoms with E-state index in [-0.39, 0.29) is 23.6 Å². The van der Waals surface area contributed by atoms with E-state index in [0.29, 0.717) is 4.91 Å². The van der Waals surface area contributed by atoms with E-state index >= 15 is 0 Å². The van der Waals surface area contributed by atoms with E-state index in [2.05, 4.69) is 11.9 Å². The fourth-order valence-corrected chi connectivity index (χ4v) is 5.60. The third-order valence-corrected chi connectivity index (χ3v) is 6.82. The van der Waals surface area contributed by atoms with Crippen LogP contribution in [0.2, 0.25) is 0 Å². The second-order valence-corrected chi connectivity index (χ2v) is 8.38. The highest BCUT2D eigenvalue weighted by atomic mass is 32.2. The van der Waals surface area contributed by atoms with E-state index in [9.17, 15) is 19.8 Å². The number of carbonyl (C=O) groups excluding carboxylic acids is 1. The normalized spacial score (nSPS) is 27.2. The Morgan fingerprint density at radius 3 is 2.83 bits per heavy atom. The summed E-state index contributed by atoms with van der Waals surface area (Å²) in [5, 5.41) is 21.4. The van der Waals surface area contributed by atoms with Crippen LogP contribution in [0.1, 0.15) is 32.9 Å². The Hall–Kier alpha value is -1.38. The summed E-state index contributed by atoms with van der Waals surface area (Å²) in [6.45, 7) is 5.58. The van der Waals surface area contributed by atoms with Crippen LogP contribution in [0.15, 0.2) is 20.3 Å². The summed E-state index contributed by atoms with van der Waals surface area (Å²) in [5.74, 6) is -2.06. The highest BCUT2D eigenvalue weighted by Gasteiger charge is 2.60. The van der Waals surface area contributed by atoms with Gasteiger partial charge in [-0.1, -0.05) is 32.0 Å². The molecule has 1 aromatic rings. The third kappa shape index (κ3) is 2.66. The van der Waals surface area contributed by atoms with E-state index in [4.69, 9.17) is 0 Å². The monoisotopic (exact) mass is 368 g/mol. The number of hydrogen-bond acceptors (Lipinski definition) is 6. The Balaban J connectivity index is 1.90. The number of aryl methyl sites for hydroxylation is 1. The van der Waals surface area contributed by atoms with E-state index < -0.39 is 18.0 Å². The number of aliphatic carboxylic acids is 1. The van der Waals surface area contributed by atoms with Gasteiger partial charge in [-0.3, -0.25) is 4.79 Å². The highest BCUT2D eigenvalue weighted by molar-refractivity contribution is 8.04. The molecule has 2 aliphatic heterocycles. The third-order valence-electron chi connectivity index (χ3n) is 4.55. The Morgan fingerprint density at radius 1 is 1.54 bits per heavy atom. The lowest BCUT2D eigenvalue weighted by Crippen LogP contribution is -2.63. The van der Waals surface area contributed by atoms with Crippen molar-refractivity contribution in [2.75, 3.05) is 0 Å². The Bertz CT molecular complexity index is 713. The van der Waals surface area contributed by atoms with Gasteiger partial charge in [0.15, 0.2) is 4.34 Å². The molecular weight excluding hydrogens is 348 g/mol. The molecule has 0 aromatic carbocycles. The van der Waals surface area contributed by atoms with Gasteiger partial charge in [0.05, 0.1) is 23.8 Å². The molecule has 1 aromatic heterocycles. The molecule has 2 aliphatic rings. The molecule has 0 spiro atoms. The molecule has 1 amide bonds. The van der Waals surface area contributed by atoms with Gasteiger partial charge in [-0.25, -0.2) is 9.78 Å². The first-order chi connectivity index (χ1) is 11.4. The Labute approximate surface area is 148 Å². The molecule has 4 atom stereocenters. The predicted molar refractivity (Wildman–Crippen MR) is 91.6 cm³/mol. The number of aliphatic hydroxyl groups excluding tert-OH is 1. The number of β-lactam (4-membered cyclic amide) rings is 1. The lowest BCUT2D eigenvalue weighted by Gasteiger charge is -2.46. The summed E-state index contributed by atoms with van der Waals surface area (Å²) in [6, 6.07) is -0.277. The molecule has 0 saturated carbocycles. The number of hydrogen-bond donors (Lipinski definition) is 2. The number of nitrogens with zero attached hydrogens (tertiary/aromatic N) is 2. The topological polar surface area (TPSA) is 90.7 Å². The quantitative estimate of drug-likeness (QED) is 0.749. The zero-order valence-electron chi connectivity index (χ0n) is 13.7. The SMILES string of the molecule is CCCc1csc(SC2=C(C(=O)O)N3C(=O)[C@H]([C@@H](C)O)[C@H]3[C@H]2C)n1. The fraction of sp³-hybridized carbons (Fsp3) is 0.562. The molecule has 6 nitrogen and oxygen atoms in total. The summed E-state index contributed by atoms with van der Waals surface area (Å²) in [7, 11) is 0. The van der Waals surface area contributed by atoms with Crippen LogP contribution in [0.4, 0.5) is 0 Å². The zero-order valence-corrected chi connectivity index (χ0v) is 15.4. The van der Waals surface area contributed by atoms with Gasteiger partial charge in [-0.05, 0) is 13.3 Å². The van der Waals surface area contributed by atoms with Crippen LogP contribution in [0.3, 0.4) is 0 Å². The van der Waals surface area contributed by atoms with Gasteiger partial charge >= 0.3 is 5.97 Å². The number of thiazole rings is 1. The van der Waals surface area contributed by atoms with Gasteiger partial charge in [-0.15, -0.1) is 11.3 Å². The number of carbonyl (C=O) groups is 2. The van der Waals surface area contributed by atoms with Crippen molar-refractivity contribution in [1.29, 1.82) is 0 Å². The van der Waals surface area contributed by atoms with Crippen molar-refractivity contribution in [3.63, 3.8) is 0 Å². The van der Waals surface area contributed by atoms with Crippen LogP contribution in [0.25, 0.3) is 0 Å². The van der Waals surface area contributed by atoms with Crippen molar-refractivity contribution >= 4 is 35.0 Å². The van der Waals surface area contributed by atoms with Gasteiger partial charge in [0.1, 0.15) is 5.70 Å². The van der Waals surface area contributed by atoms with Crippen LogP contribution in [-0.4, -0.2) is 44.1 Å². The molecule has 1 fully saturated rings. The van der Waals surface area contributed by atoms with Crippen molar-refractivity contribution in [1.82, 2.24) is 9.88 Å². The molecule has 8 heteroatoms. The number of carboxylic acid groups (broad SMARTS) is 1. The van der Waals surface area contributed by atoms with E-state index in [1.54, 1.807) is 6.92 Å². The maximum Gasteiger partial charge on any atom is 0.353 e. The van der Waals surface area contributed by atoms with Crippen molar-refractivity contribution in [3.8, 4) is 0 Å². The second kappa shape index (κ2) is 6.50. The first-order valence-corrected chi connectivity index (χ1v) is 9.67. The van der Waals surface area contributed by atoms with Crippen LogP contribution in [0.5, 0.6) is 0 Å². The van der Waals surface area contributed by atoms with Crippen LogP contribution < -0.4 is 0 Å². The fourth-order valence-electron chi connectivity index (χ4n) is 3.46. The largest absolute Gasteiger partial charge is 0.477 e. The van der Waals surface area contributed by atoms with Gasteiger partial charge in [0, 0.05) is 16.2 Å². The van der Waals surface area contributed by atoms with Crippen LogP contribution in [0, 0.1) is 11.8 Å². The number of aliphatic hydroxyl groups is 1. The molecule has 2 N–H and O–H groups in total. The number of aromatic nitrogens is 1. The minimum atomic E-state index is -1.10. The summed E-state index contributed by atoms with van der Waals surface area (Å²) in [5.41, 5.74) is 1.06. The molecule has 0 aliphatic carbocycles. The Morgan fingerprint density at radius 2 is 2.25 bits per heavy atom. The maximum absolute atomic E-state index is 12.3. The molecule has 3 heterocycles. The minimum absolute atomic E-state index is 0.0478. The molecule has 0 bridgehead atoms. The van der Waals surface area contributed by atoms with Gasteiger partial charge in [0.25, 0.3) is 0 Å². The maximum atomic E-state index is 12.3. The molecule has 130 valence electrons. The minimum Gasteiger partial charge on any atom is -0.477 e. The van der Waals surface area contributed by atoms with Crippen LogP contribution >= 0.6 is 23.1 Å². The highest BCUT2D eigenvalue weighted by Crippen LogP contribution is 2.52. The average Bonchev–Trinajstić information content (AvgIpc) is 3.02. The second-order valence-electron chi connectivity index (χ2n) is 6.23. The lowest BCUT2D eigenvalue weighted by molar-refractivity contribution is -0.163. The zero-order chi connectivity index (χ0) is 17.6. The number of thioether (sulfide) groups is 1. The van der Waals surface area contributed by atoms with Gasteiger partial charge < -0.3 is 15.1 Å². The summed E-state index contributed by atoms with van der Waals surface area (Å²) >= 11 is 2.83. The van der Waals surface area contributed by atoms with E-state index in [0.717, 1.165) is 22.9 Å². The van der Waals surface area contributed by atoms with Crippen molar-refractivity contribution in [2.45, 2.75) is 50.1 Å². The standard InChI is InChI=1S/C16H20N2O4S2/c1-4-5-9-6-23-16(17-9)24-13-7(2)11-10(8(3)19)14(20)18(11)12(13)15(21)22/h6-8,10-11,19H,4-5H2,1-3H3,(H,21,22)/t7-,8-,10-,11-/m1/s1. The summed E-state index contributed by atoms with van der Waals surface area (Å²) in [6.07, 6.45) is 1.12. The molecule has 1 saturated heterocycles. The summed E-state index contributed by atoms with van der Waals surface area (Å²) in [4.78, 5) is 30.5. The van der Waals surface area contributed by atoms with Gasteiger partial charge in [-0.2, -0.15) is 0 Å². The number of carboxylic acids is 1. The van der Waals surface area contributed by atoms with Gasteiger partial charge in [0.2, 0.25) is 5.91 Å². The summed E-state index contributed by atoms with van der Waals surface area (Å²) < 4.78 is 0.794.